The van der Waals surface area contributed by atoms with E-state index in [-0.39, 0.29) is 29.2 Å². The molecule has 2 saturated heterocycles. The minimum absolute atomic E-state index is 0.199. The fourth-order valence-corrected chi connectivity index (χ4v) is 7.76. The Morgan fingerprint density at radius 3 is 2.41 bits per heavy atom. The second kappa shape index (κ2) is 15.0. The molecule has 1 aliphatic carbocycles. The van der Waals surface area contributed by atoms with E-state index in [0.717, 1.165) is 87.3 Å². The van der Waals surface area contributed by atoms with Crippen LogP contribution in [0.1, 0.15) is 80.2 Å². The van der Waals surface area contributed by atoms with Crippen molar-refractivity contribution in [2.45, 2.75) is 76.2 Å². The Morgan fingerprint density at radius 2 is 1.70 bits per heavy atom. The van der Waals surface area contributed by atoms with Gasteiger partial charge in [-0.25, -0.2) is 4.98 Å². The summed E-state index contributed by atoms with van der Waals surface area (Å²) in [6.07, 6.45) is 2.12. The van der Waals surface area contributed by atoms with Crippen molar-refractivity contribution in [2.24, 2.45) is 5.92 Å². The summed E-state index contributed by atoms with van der Waals surface area (Å²) in [5.41, 5.74) is 0.378. The van der Waals surface area contributed by atoms with Crippen LogP contribution in [0.3, 0.4) is 0 Å². The van der Waals surface area contributed by atoms with Gasteiger partial charge in [0.1, 0.15) is 17.4 Å². The van der Waals surface area contributed by atoms with Gasteiger partial charge in [-0.05, 0) is 94.3 Å². The molecule has 0 radical (unpaired) electrons. The van der Waals surface area contributed by atoms with Crippen LogP contribution in [0.2, 0.25) is 0 Å². The molecule has 7 rings (SSSR count). The standard InChI is InChI=1S/C39H45F3N8O4/c1-38(2,54)29-21-32-25(19-33(29)45-36(52)30-7-4-8-34(44-30)39(40,41)42)23-50(47-32)27-11-9-24(10-12-27)22-48-15-17-49(18-16-48)28-6-3-5-26(20-28)43-31-13-14-35(51)46-37(31)53/h3-8,19-21,23-24,27,31,43,54H,9-18,22H2,1-2H3,(H,45,52)(H,46,51,53). The highest BCUT2D eigenvalue weighted by Crippen LogP contribution is 2.36. The number of hydrogen-bond donors (Lipinski definition) is 4. The number of amides is 3. The van der Waals surface area contributed by atoms with E-state index < -0.39 is 29.4 Å². The van der Waals surface area contributed by atoms with E-state index in [9.17, 15) is 32.7 Å². The number of carbonyl (C=O) groups excluding carboxylic acids is 3. The fourth-order valence-electron chi connectivity index (χ4n) is 7.76. The Morgan fingerprint density at radius 1 is 0.963 bits per heavy atom. The first-order valence-electron chi connectivity index (χ1n) is 18.5. The molecule has 15 heteroatoms. The van der Waals surface area contributed by atoms with E-state index in [1.807, 2.05) is 23.0 Å². The van der Waals surface area contributed by atoms with E-state index >= 15 is 0 Å². The molecule has 1 unspecified atom stereocenters. The SMILES string of the molecule is CC(C)(O)c1cc2nn(C3CCC(CN4CCN(c5cccc(NC6CCC(=O)NC6=O)c5)CC4)CC3)cc2cc1NC(=O)c1cccc(C(F)(F)F)n1. The minimum atomic E-state index is -4.69. The quantitative estimate of drug-likeness (QED) is 0.159. The van der Waals surface area contributed by atoms with E-state index in [4.69, 9.17) is 5.10 Å². The number of nitrogens with one attached hydrogen (secondary N) is 3. The Hall–Kier alpha value is -5.02. The molecule has 0 bridgehead atoms. The molecule has 2 aromatic carbocycles. The highest BCUT2D eigenvalue weighted by Gasteiger charge is 2.34. The number of halogens is 3. The van der Waals surface area contributed by atoms with Gasteiger partial charge in [0.25, 0.3) is 5.91 Å². The third-order valence-corrected chi connectivity index (χ3v) is 10.7. The van der Waals surface area contributed by atoms with Crippen molar-refractivity contribution >= 4 is 45.7 Å². The second-order valence-electron chi connectivity index (χ2n) is 15.1. The molecule has 12 nitrogen and oxygen atoms in total. The number of carbonyl (C=O) groups is 3. The number of pyridine rings is 1. The summed E-state index contributed by atoms with van der Waals surface area (Å²) >= 11 is 0. The summed E-state index contributed by atoms with van der Waals surface area (Å²) in [5.74, 6) is -0.748. The molecule has 4 N–H and O–H groups in total. The first-order chi connectivity index (χ1) is 25.7. The highest BCUT2D eigenvalue weighted by atomic mass is 19.4. The molecule has 0 spiro atoms. The second-order valence-corrected chi connectivity index (χ2v) is 15.1. The number of fused-ring (bicyclic) bond motifs is 1. The summed E-state index contributed by atoms with van der Waals surface area (Å²) in [4.78, 5) is 45.2. The summed E-state index contributed by atoms with van der Waals surface area (Å²) in [6, 6.07) is 14.5. The lowest BCUT2D eigenvalue weighted by atomic mass is 9.85. The minimum Gasteiger partial charge on any atom is -0.386 e. The van der Waals surface area contributed by atoms with E-state index in [2.05, 4.69) is 42.9 Å². The number of imide groups is 1. The number of piperidine rings is 1. The molecule has 3 amide bonds. The lowest BCUT2D eigenvalue weighted by Gasteiger charge is -2.39. The van der Waals surface area contributed by atoms with Crippen molar-refractivity contribution in [3.63, 3.8) is 0 Å². The van der Waals surface area contributed by atoms with E-state index in [1.165, 1.54) is 6.07 Å². The first-order valence-corrected chi connectivity index (χ1v) is 18.5. The summed E-state index contributed by atoms with van der Waals surface area (Å²) in [7, 11) is 0. The molecule has 3 fully saturated rings. The van der Waals surface area contributed by atoms with Crippen LogP contribution < -0.4 is 20.9 Å². The van der Waals surface area contributed by atoms with Crippen molar-refractivity contribution in [3.8, 4) is 0 Å². The number of alkyl halides is 3. The Kier molecular flexibility index (Phi) is 10.4. The Labute approximate surface area is 311 Å². The molecule has 2 aromatic heterocycles. The van der Waals surface area contributed by atoms with Crippen molar-refractivity contribution in [3.05, 3.63) is 77.7 Å². The van der Waals surface area contributed by atoms with Gasteiger partial charge in [-0.3, -0.25) is 29.3 Å². The monoisotopic (exact) mass is 746 g/mol. The maximum Gasteiger partial charge on any atom is 0.433 e. The van der Waals surface area contributed by atoms with Gasteiger partial charge in [0.15, 0.2) is 0 Å². The van der Waals surface area contributed by atoms with Gasteiger partial charge in [-0.2, -0.15) is 18.3 Å². The molecule has 54 heavy (non-hydrogen) atoms. The molecule has 4 aromatic rings. The van der Waals surface area contributed by atoms with Gasteiger partial charge in [-0.1, -0.05) is 12.1 Å². The molecule has 4 heterocycles. The van der Waals surface area contributed by atoms with E-state index in [1.54, 1.807) is 26.0 Å². The largest absolute Gasteiger partial charge is 0.433 e. The van der Waals surface area contributed by atoms with Crippen LogP contribution in [0.15, 0.2) is 60.8 Å². The molecule has 286 valence electrons. The average Bonchev–Trinajstić information content (AvgIpc) is 3.56. The van der Waals surface area contributed by atoms with Crippen molar-refractivity contribution < 1.29 is 32.7 Å². The Bertz CT molecular complexity index is 2030. The molecular weight excluding hydrogens is 701 g/mol. The summed E-state index contributed by atoms with van der Waals surface area (Å²) in [6.45, 7) is 7.92. The zero-order valence-electron chi connectivity index (χ0n) is 30.3. The maximum absolute atomic E-state index is 13.2. The molecule has 2 aliphatic heterocycles. The lowest BCUT2D eigenvalue weighted by molar-refractivity contribution is -0.141. The number of hydrogen-bond acceptors (Lipinski definition) is 9. The van der Waals surface area contributed by atoms with Crippen LogP contribution in [0.4, 0.5) is 30.2 Å². The van der Waals surface area contributed by atoms with Crippen LogP contribution >= 0.6 is 0 Å². The smallest absolute Gasteiger partial charge is 0.386 e. The number of benzene rings is 2. The molecular formula is C39H45F3N8O4. The molecule has 1 atom stereocenters. The maximum atomic E-state index is 13.2. The first kappa shape index (κ1) is 37.3. The average molecular weight is 747 g/mol. The number of anilines is 3. The topological polar surface area (TPSA) is 145 Å². The Balaban J connectivity index is 0.934. The van der Waals surface area contributed by atoms with Crippen molar-refractivity contribution in [2.75, 3.05) is 48.3 Å². The number of rotatable bonds is 9. The van der Waals surface area contributed by atoms with Gasteiger partial charge in [-0.15, -0.1) is 0 Å². The zero-order valence-corrected chi connectivity index (χ0v) is 30.3. The van der Waals surface area contributed by atoms with Gasteiger partial charge in [0.05, 0.1) is 17.2 Å². The highest BCUT2D eigenvalue weighted by molar-refractivity contribution is 6.04. The van der Waals surface area contributed by atoms with Gasteiger partial charge >= 0.3 is 6.18 Å². The number of nitrogens with zero attached hydrogens (tertiary/aromatic N) is 5. The van der Waals surface area contributed by atoms with Gasteiger partial charge in [0.2, 0.25) is 11.8 Å². The normalized spacial score (nSPS) is 21.6. The van der Waals surface area contributed by atoms with Crippen LogP contribution in [0.25, 0.3) is 10.9 Å². The van der Waals surface area contributed by atoms with Crippen LogP contribution in [-0.2, 0) is 21.4 Å². The van der Waals surface area contributed by atoms with Crippen LogP contribution in [0, 0.1) is 5.92 Å². The molecule has 1 saturated carbocycles. The van der Waals surface area contributed by atoms with Gasteiger partial charge < -0.3 is 20.6 Å². The van der Waals surface area contributed by atoms with Crippen molar-refractivity contribution in [1.29, 1.82) is 0 Å². The van der Waals surface area contributed by atoms with Crippen LogP contribution in [-0.4, -0.2) is 81.3 Å². The van der Waals surface area contributed by atoms with Gasteiger partial charge in [0, 0.05) is 73.4 Å². The summed E-state index contributed by atoms with van der Waals surface area (Å²) < 4.78 is 41.6. The zero-order chi connectivity index (χ0) is 38.2. The number of aromatic nitrogens is 3. The predicted octanol–water partition coefficient (Wildman–Crippen LogP) is 5.70. The number of aliphatic hydroxyl groups is 1. The van der Waals surface area contributed by atoms with E-state index in [0.29, 0.717) is 29.8 Å². The fraction of sp³-hybridized carbons (Fsp3) is 0.462. The number of piperazine rings is 1. The van der Waals surface area contributed by atoms with Crippen LogP contribution in [0.5, 0.6) is 0 Å². The molecule has 3 aliphatic rings. The summed E-state index contributed by atoms with van der Waals surface area (Å²) in [5, 5.41) is 24.9. The lowest BCUT2D eigenvalue weighted by Crippen LogP contribution is -2.48. The van der Waals surface area contributed by atoms with Crippen molar-refractivity contribution in [1.82, 2.24) is 25.0 Å². The third-order valence-electron chi connectivity index (χ3n) is 10.7. The predicted molar refractivity (Wildman–Crippen MR) is 198 cm³/mol. The third kappa shape index (κ3) is 8.52.